The van der Waals surface area contributed by atoms with E-state index in [4.69, 9.17) is 4.42 Å². The molecule has 122 valence electrons. The third-order valence-corrected chi connectivity index (χ3v) is 3.71. The lowest BCUT2D eigenvalue weighted by molar-refractivity contribution is -0.115. The molecule has 1 aromatic heterocycles. The molecule has 2 N–H and O–H groups in total. The Balaban J connectivity index is 2.05. The van der Waals surface area contributed by atoms with E-state index in [1.165, 1.54) is 0 Å². The maximum atomic E-state index is 12.3. The second kappa shape index (κ2) is 7.00. The monoisotopic (exact) mass is 322 g/mol. The number of carbonyl (C=O) groups is 1. The van der Waals surface area contributed by atoms with Crippen LogP contribution in [0.4, 0.5) is 11.4 Å². The molecule has 0 aliphatic carbocycles. The number of amides is 1. The summed E-state index contributed by atoms with van der Waals surface area (Å²) in [6.45, 7) is 2.26. The minimum absolute atomic E-state index is 0.150. The Kier molecular flexibility index (Phi) is 4.61. The van der Waals surface area contributed by atoms with Crippen LogP contribution in [0.1, 0.15) is 18.9 Å². The molecule has 0 aliphatic rings. The van der Waals surface area contributed by atoms with Crippen LogP contribution in [-0.2, 0) is 11.3 Å². The Bertz CT molecular complexity index is 917. The average molecular weight is 322 g/mol. The fraction of sp³-hybridized carbons (Fsp3) is 0.158. The molecule has 0 saturated heterocycles. The molecule has 0 unspecified atom stereocenters. The molecule has 5 heteroatoms. The van der Waals surface area contributed by atoms with Crippen LogP contribution in [0.3, 0.4) is 0 Å². The van der Waals surface area contributed by atoms with Crippen molar-refractivity contribution in [3.05, 3.63) is 70.6 Å². The van der Waals surface area contributed by atoms with Gasteiger partial charge in [-0.25, -0.2) is 4.79 Å². The summed E-state index contributed by atoms with van der Waals surface area (Å²) < 4.78 is 5.32. The lowest BCUT2D eigenvalue weighted by Gasteiger charge is -2.14. The van der Waals surface area contributed by atoms with E-state index in [0.29, 0.717) is 17.8 Å². The van der Waals surface area contributed by atoms with Gasteiger partial charge in [-0.1, -0.05) is 49.4 Å². The third-order valence-electron chi connectivity index (χ3n) is 3.71. The molecule has 0 fully saturated rings. The maximum absolute atomic E-state index is 12.3. The maximum Gasteiger partial charge on any atom is 0.362 e. The van der Waals surface area contributed by atoms with Crippen LogP contribution in [0.15, 0.2) is 63.8 Å². The topological polar surface area (TPSA) is 71.3 Å². The number of benzene rings is 2. The Labute approximate surface area is 139 Å². The van der Waals surface area contributed by atoms with Crippen molar-refractivity contribution in [3.63, 3.8) is 0 Å². The van der Waals surface area contributed by atoms with Crippen molar-refractivity contribution in [3.8, 4) is 0 Å². The summed E-state index contributed by atoms with van der Waals surface area (Å²) in [5.74, 6) is -0.236. The van der Waals surface area contributed by atoms with E-state index in [2.05, 4.69) is 10.6 Å². The summed E-state index contributed by atoms with van der Waals surface area (Å²) in [6, 6.07) is 17.1. The van der Waals surface area contributed by atoms with Gasteiger partial charge in [0.05, 0.1) is 5.69 Å². The van der Waals surface area contributed by atoms with Crippen LogP contribution >= 0.6 is 0 Å². The van der Waals surface area contributed by atoms with Crippen molar-refractivity contribution in [1.82, 2.24) is 0 Å². The van der Waals surface area contributed by atoms with Gasteiger partial charge in [0.25, 0.3) is 0 Å². The van der Waals surface area contributed by atoms with Crippen LogP contribution in [-0.4, -0.2) is 5.91 Å². The van der Waals surface area contributed by atoms with Crippen LogP contribution in [0.5, 0.6) is 0 Å². The van der Waals surface area contributed by atoms with Crippen molar-refractivity contribution in [1.29, 1.82) is 0 Å². The first-order chi connectivity index (χ1) is 11.7. The smallest absolute Gasteiger partial charge is 0.362 e. The standard InChI is InChI=1S/C19H18N2O3/c1-2-16(22)21-18-17(20-12-13-8-4-3-5-9-13)14-10-6-7-11-15(14)24-19(18)23/h3-11,20H,2,12H2,1H3,(H,21,22). The van der Waals surface area contributed by atoms with Gasteiger partial charge in [0.2, 0.25) is 5.91 Å². The number of anilines is 2. The predicted octanol–water partition coefficient (Wildman–Crippen LogP) is 3.75. The first kappa shape index (κ1) is 15.8. The Morgan fingerprint density at radius 2 is 1.71 bits per heavy atom. The number of carbonyl (C=O) groups excluding carboxylic acids is 1. The zero-order valence-corrected chi connectivity index (χ0v) is 13.3. The van der Waals surface area contributed by atoms with Gasteiger partial charge in [-0.2, -0.15) is 0 Å². The second-order valence-corrected chi connectivity index (χ2v) is 5.38. The fourth-order valence-electron chi connectivity index (χ4n) is 2.46. The van der Waals surface area contributed by atoms with Gasteiger partial charge in [-0.15, -0.1) is 0 Å². The van der Waals surface area contributed by atoms with Gasteiger partial charge in [-0.05, 0) is 17.7 Å². The molecule has 0 bridgehead atoms. The first-order valence-electron chi connectivity index (χ1n) is 7.82. The van der Waals surface area contributed by atoms with Crippen LogP contribution in [0, 0.1) is 0 Å². The van der Waals surface area contributed by atoms with Crippen molar-refractivity contribution < 1.29 is 9.21 Å². The summed E-state index contributed by atoms with van der Waals surface area (Å²) in [4.78, 5) is 24.1. The van der Waals surface area contributed by atoms with Gasteiger partial charge in [0, 0.05) is 18.4 Å². The summed E-state index contributed by atoms with van der Waals surface area (Å²) >= 11 is 0. The van der Waals surface area contributed by atoms with E-state index in [0.717, 1.165) is 10.9 Å². The molecule has 0 saturated carbocycles. The van der Waals surface area contributed by atoms with E-state index >= 15 is 0 Å². The van der Waals surface area contributed by atoms with E-state index in [9.17, 15) is 9.59 Å². The van der Waals surface area contributed by atoms with E-state index in [1.807, 2.05) is 42.5 Å². The molecule has 2 aromatic carbocycles. The fourth-order valence-corrected chi connectivity index (χ4v) is 2.46. The van der Waals surface area contributed by atoms with Crippen molar-refractivity contribution in [2.45, 2.75) is 19.9 Å². The Hall–Kier alpha value is -3.08. The molecule has 0 spiro atoms. The minimum atomic E-state index is -0.564. The van der Waals surface area contributed by atoms with Crippen LogP contribution in [0.25, 0.3) is 11.0 Å². The van der Waals surface area contributed by atoms with E-state index in [1.54, 1.807) is 19.1 Å². The number of fused-ring (bicyclic) bond motifs is 1. The van der Waals surface area contributed by atoms with Crippen LogP contribution in [0.2, 0.25) is 0 Å². The number of hydrogen-bond acceptors (Lipinski definition) is 4. The number of nitrogens with one attached hydrogen (secondary N) is 2. The van der Waals surface area contributed by atoms with Gasteiger partial charge in [0.15, 0.2) is 5.69 Å². The van der Waals surface area contributed by atoms with Gasteiger partial charge in [0.1, 0.15) is 5.58 Å². The summed E-state index contributed by atoms with van der Waals surface area (Å²) in [7, 11) is 0. The molecule has 0 atom stereocenters. The molecule has 1 amide bonds. The number of para-hydroxylation sites is 1. The molecular weight excluding hydrogens is 304 g/mol. The molecule has 0 radical (unpaired) electrons. The minimum Gasteiger partial charge on any atom is -0.421 e. The van der Waals surface area contributed by atoms with Crippen molar-refractivity contribution >= 4 is 28.3 Å². The Morgan fingerprint density at radius 3 is 2.46 bits per heavy atom. The zero-order chi connectivity index (χ0) is 16.9. The van der Waals surface area contributed by atoms with E-state index < -0.39 is 5.63 Å². The number of rotatable bonds is 5. The molecule has 24 heavy (non-hydrogen) atoms. The molecule has 3 rings (SSSR count). The molecule has 3 aromatic rings. The normalized spacial score (nSPS) is 10.5. The highest BCUT2D eigenvalue weighted by Gasteiger charge is 2.16. The molecule has 1 heterocycles. The average Bonchev–Trinajstić information content (AvgIpc) is 2.62. The van der Waals surface area contributed by atoms with Gasteiger partial charge < -0.3 is 15.1 Å². The van der Waals surface area contributed by atoms with Crippen LogP contribution < -0.4 is 16.3 Å². The highest BCUT2D eigenvalue weighted by molar-refractivity contribution is 6.01. The third kappa shape index (κ3) is 3.30. The molecule has 5 nitrogen and oxygen atoms in total. The van der Waals surface area contributed by atoms with Crippen molar-refractivity contribution in [2.24, 2.45) is 0 Å². The lowest BCUT2D eigenvalue weighted by Crippen LogP contribution is -2.19. The predicted molar refractivity (Wildman–Crippen MR) is 95.2 cm³/mol. The zero-order valence-electron chi connectivity index (χ0n) is 13.3. The summed E-state index contributed by atoms with van der Waals surface area (Å²) in [5.41, 5.74) is 1.71. The molecular formula is C19H18N2O3. The van der Waals surface area contributed by atoms with Gasteiger partial charge >= 0.3 is 5.63 Å². The highest BCUT2D eigenvalue weighted by atomic mass is 16.4. The van der Waals surface area contributed by atoms with Gasteiger partial charge in [-0.3, -0.25) is 4.79 Å². The SMILES string of the molecule is CCC(=O)Nc1c(NCc2ccccc2)c2ccccc2oc1=O. The van der Waals surface area contributed by atoms with Crippen molar-refractivity contribution in [2.75, 3.05) is 10.6 Å². The summed E-state index contributed by atoms with van der Waals surface area (Å²) in [5, 5.41) is 6.67. The summed E-state index contributed by atoms with van der Waals surface area (Å²) in [6.07, 6.45) is 0.282. The number of hydrogen-bond donors (Lipinski definition) is 2. The second-order valence-electron chi connectivity index (χ2n) is 5.38. The molecule has 0 aliphatic heterocycles. The lowest BCUT2D eigenvalue weighted by atomic mass is 10.1. The van der Waals surface area contributed by atoms with E-state index in [-0.39, 0.29) is 18.0 Å². The highest BCUT2D eigenvalue weighted by Crippen LogP contribution is 2.29. The Morgan fingerprint density at radius 1 is 1.00 bits per heavy atom. The largest absolute Gasteiger partial charge is 0.421 e. The first-order valence-corrected chi connectivity index (χ1v) is 7.82. The quantitative estimate of drug-likeness (QED) is 0.702.